The van der Waals surface area contributed by atoms with Gasteiger partial charge in [-0.05, 0) is 43.9 Å². The van der Waals surface area contributed by atoms with E-state index < -0.39 is 17.7 Å². The highest BCUT2D eigenvalue weighted by atomic mass is 19.1. The average molecular weight is 265 g/mol. The van der Waals surface area contributed by atoms with E-state index in [9.17, 15) is 14.0 Å². The quantitative estimate of drug-likeness (QED) is 0.882. The SMILES string of the molecule is Cc1ccc(F)cc1NC(=O)C1CCC(C(=O)O)C1. The first-order valence-electron chi connectivity index (χ1n) is 6.27. The molecule has 2 atom stereocenters. The molecule has 0 aromatic heterocycles. The molecule has 4 nitrogen and oxygen atoms in total. The number of benzene rings is 1. The number of amides is 1. The van der Waals surface area contributed by atoms with Crippen molar-refractivity contribution in [1.82, 2.24) is 0 Å². The Morgan fingerprint density at radius 2 is 2.00 bits per heavy atom. The molecule has 2 unspecified atom stereocenters. The molecule has 0 heterocycles. The third-order valence-corrected chi connectivity index (χ3v) is 3.61. The fourth-order valence-electron chi connectivity index (χ4n) is 2.41. The van der Waals surface area contributed by atoms with E-state index in [2.05, 4.69) is 5.32 Å². The Labute approximate surface area is 110 Å². The van der Waals surface area contributed by atoms with Crippen LogP contribution in [-0.4, -0.2) is 17.0 Å². The molecule has 2 N–H and O–H groups in total. The molecule has 1 aliphatic rings. The minimum atomic E-state index is -0.850. The summed E-state index contributed by atoms with van der Waals surface area (Å²) in [7, 11) is 0. The molecule has 0 bridgehead atoms. The zero-order chi connectivity index (χ0) is 14.0. The van der Waals surface area contributed by atoms with Gasteiger partial charge in [0.1, 0.15) is 5.82 Å². The largest absolute Gasteiger partial charge is 0.481 e. The second-order valence-electron chi connectivity index (χ2n) is 4.99. The summed E-state index contributed by atoms with van der Waals surface area (Å²) < 4.78 is 13.1. The molecule has 0 aliphatic heterocycles. The molecule has 1 aliphatic carbocycles. The van der Waals surface area contributed by atoms with Crippen LogP contribution in [0.5, 0.6) is 0 Å². The van der Waals surface area contributed by atoms with Crippen molar-refractivity contribution in [3.8, 4) is 0 Å². The monoisotopic (exact) mass is 265 g/mol. The lowest BCUT2D eigenvalue weighted by Gasteiger charge is -2.12. The van der Waals surface area contributed by atoms with Crippen LogP contribution in [0, 0.1) is 24.6 Å². The molecule has 19 heavy (non-hydrogen) atoms. The molecule has 0 saturated heterocycles. The smallest absolute Gasteiger partial charge is 0.306 e. The summed E-state index contributed by atoms with van der Waals surface area (Å²) in [6.07, 6.45) is 1.45. The minimum absolute atomic E-state index is 0.225. The van der Waals surface area contributed by atoms with E-state index >= 15 is 0 Å². The zero-order valence-electron chi connectivity index (χ0n) is 10.6. The Bertz CT molecular complexity index is 515. The number of anilines is 1. The van der Waals surface area contributed by atoms with Crippen LogP contribution in [-0.2, 0) is 9.59 Å². The normalized spacial score (nSPS) is 22.2. The third kappa shape index (κ3) is 3.10. The summed E-state index contributed by atoms with van der Waals surface area (Å²) in [6, 6.07) is 4.21. The molecule has 5 heteroatoms. The summed E-state index contributed by atoms with van der Waals surface area (Å²) in [6.45, 7) is 1.78. The summed E-state index contributed by atoms with van der Waals surface area (Å²) in [5.74, 6) is -2.22. The Kier molecular flexibility index (Phi) is 3.83. The van der Waals surface area contributed by atoms with Gasteiger partial charge in [-0.25, -0.2) is 4.39 Å². The molecular formula is C14H16FNO3. The van der Waals surface area contributed by atoms with Crippen molar-refractivity contribution in [1.29, 1.82) is 0 Å². The molecule has 1 saturated carbocycles. The van der Waals surface area contributed by atoms with E-state index in [-0.39, 0.29) is 11.8 Å². The Morgan fingerprint density at radius 3 is 2.63 bits per heavy atom. The van der Waals surface area contributed by atoms with Crippen molar-refractivity contribution in [3.63, 3.8) is 0 Å². The highest BCUT2D eigenvalue weighted by molar-refractivity contribution is 5.93. The van der Waals surface area contributed by atoms with Crippen molar-refractivity contribution < 1.29 is 19.1 Å². The lowest BCUT2D eigenvalue weighted by molar-refractivity contribution is -0.141. The van der Waals surface area contributed by atoms with E-state index in [0.29, 0.717) is 24.9 Å². The summed E-state index contributed by atoms with van der Waals surface area (Å²) in [5.41, 5.74) is 1.23. The van der Waals surface area contributed by atoms with Crippen LogP contribution in [0.2, 0.25) is 0 Å². The number of rotatable bonds is 3. The van der Waals surface area contributed by atoms with Gasteiger partial charge < -0.3 is 10.4 Å². The van der Waals surface area contributed by atoms with Crippen LogP contribution in [0.25, 0.3) is 0 Å². The molecule has 1 aromatic carbocycles. The van der Waals surface area contributed by atoms with Gasteiger partial charge in [-0.1, -0.05) is 6.07 Å². The van der Waals surface area contributed by atoms with Crippen molar-refractivity contribution in [2.75, 3.05) is 5.32 Å². The van der Waals surface area contributed by atoms with Crippen LogP contribution < -0.4 is 5.32 Å². The van der Waals surface area contributed by atoms with Gasteiger partial charge in [-0.3, -0.25) is 9.59 Å². The topological polar surface area (TPSA) is 66.4 Å². The summed E-state index contributed by atoms with van der Waals surface area (Å²) >= 11 is 0. The van der Waals surface area contributed by atoms with Gasteiger partial charge in [-0.15, -0.1) is 0 Å². The van der Waals surface area contributed by atoms with Gasteiger partial charge in [0.25, 0.3) is 0 Å². The first-order valence-corrected chi connectivity index (χ1v) is 6.27. The number of aryl methyl sites for hydroxylation is 1. The maximum atomic E-state index is 13.1. The Hall–Kier alpha value is -1.91. The van der Waals surface area contributed by atoms with Crippen molar-refractivity contribution in [2.45, 2.75) is 26.2 Å². The second kappa shape index (κ2) is 5.38. The van der Waals surface area contributed by atoms with Crippen LogP contribution in [0.3, 0.4) is 0 Å². The number of nitrogens with one attached hydrogen (secondary N) is 1. The fraction of sp³-hybridized carbons (Fsp3) is 0.429. The van der Waals surface area contributed by atoms with Gasteiger partial charge in [-0.2, -0.15) is 0 Å². The van der Waals surface area contributed by atoms with Gasteiger partial charge >= 0.3 is 5.97 Å². The Morgan fingerprint density at radius 1 is 1.32 bits per heavy atom. The molecule has 0 spiro atoms. The fourth-order valence-corrected chi connectivity index (χ4v) is 2.41. The number of aliphatic carboxylic acids is 1. The highest BCUT2D eigenvalue weighted by Gasteiger charge is 2.33. The highest BCUT2D eigenvalue weighted by Crippen LogP contribution is 2.32. The maximum Gasteiger partial charge on any atom is 0.306 e. The molecule has 1 fully saturated rings. The van der Waals surface area contributed by atoms with E-state index in [1.165, 1.54) is 12.1 Å². The number of carbonyl (C=O) groups excluding carboxylic acids is 1. The van der Waals surface area contributed by atoms with Gasteiger partial charge in [0.2, 0.25) is 5.91 Å². The minimum Gasteiger partial charge on any atom is -0.481 e. The molecule has 2 rings (SSSR count). The van der Waals surface area contributed by atoms with E-state index in [0.717, 1.165) is 5.56 Å². The molecule has 1 amide bonds. The maximum absolute atomic E-state index is 13.1. The zero-order valence-corrected chi connectivity index (χ0v) is 10.6. The van der Waals surface area contributed by atoms with E-state index in [1.54, 1.807) is 13.0 Å². The predicted octanol–water partition coefficient (Wildman–Crippen LogP) is 2.57. The first kappa shape index (κ1) is 13.5. The van der Waals surface area contributed by atoms with E-state index in [4.69, 9.17) is 5.11 Å². The molecular weight excluding hydrogens is 249 g/mol. The number of carboxylic acid groups (broad SMARTS) is 1. The summed E-state index contributed by atoms with van der Waals surface area (Å²) in [4.78, 5) is 22.9. The van der Waals surface area contributed by atoms with Crippen molar-refractivity contribution in [2.24, 2.45) is 11.8 Å². The first-order chi connectivity index (χ1) is 8.97. The van der Waals surface area contributed by atoms with E-state index in [1.807, 2.05) is 0 Å². The van der Waals surface area contributed by atoms with Crippen LogP contribution in [0.15, 0.2) is 18.2 Å². The molecule has 0 radical (unpaired) electrons. The number of carboxylic acids is 1. The van der Waals surface area contributed by atoms with Gasteiger partial charge in [0.05, 0.1) is 5.92 Å². The number of hydrogen-bond acceptors (Lipinski definition) is 2. The number of hydrogen-bond donors (Lipinski definition) is 2. The number of halogens is 1. The van der Waals surface area contributed by atoms with Gasteiger partial charge in [0, 0.05) is 11.6 Å². The van der Waals surface area contributed by atoms with Crippen LogP contribution >= 0.6 is 0 Å². The van der Waals surface area contributed by atoms with Crippen LogP contribution in [0.1, 0.15) is 24.8 Å². The second-order valence-corrected chi connectivity index (χ2v) is 4.99. The molecule has 102 valence electrons. The Balaban J connectivity index is 2.02. The predicted molar refractivity (Wildman–Crippen MR) is 68.2 cm³/mol. The van der Waals surface area contributed by atoms with Crippen molar-refractivity contribution in [3.05, 3.63) is 29.6 Å². The standard InChI is InChI=1S/C14H16FNO3/c1-8-2-5-11(15)7-12(8)16-13(17)9-3-4-10(6-9)14(18)19/h2,5,7,9-10H,3-4,6H2,1H3,(H,16,17)(H,18,19). The van der Waals surface area contributed by atoms with Gasteiger partial charge in [0.15, 0.2) is 0 Å². The van der Waals surface area contributed by atoms with Crippen molar-refractivity contribution >= 4 is 17.6 Å². The number of carbonyl (C=O) groups is 2. The van der Waals surface area contributed by atoms with Crippen LogP contribution in [0.4, 0.5) is 10.1 Å². The third-order valence-electron chi connectivity index (χ3n) is 3.61. The summed E-state index contributed by atoms with van der Waals surface area (Å²) in [5, 5.41) is 11.6. The average Bonchev–Trinajstić information content (AvgIpc) is 2.83. The lowest BCUT2D eigenvalue weighted by Crippen LogP contribution is -2.22. The lowest BCUT2D eigenvalue weighted by atomic mass is 10.0. The molecule has 1 aromatic rings.